The molecule has 1 atom stereocenters. The molecule has 0 spiro atoms. The first-order valence-corrected chi connectivity index (χ1v) is 7.74. The van der Waals surface area contributed by atoms with Gasteiger partial charge in [-0.1, -0.05) is 55.8 Å². The molecule has 3 rings (SSSR count). The molecule has 1 nitrogen and oxygen atoms in total. The molecule has 0 saturated heterocycles. The van der Waals surface area contributed by atoms with E-state index in [1.807, 2.05) is 6.07 Å². The Balaban J connectivity index is 1.60. The first-order chi connectivity index (χ1) is 8.84. The average molecular weight is 264 g/mol. The molecule has 1 fully saturated rings. The Morgan fingerprint density at radius 2 is 1.94 bits per heavy atom. The van der Waals surface area contributed by atoms with E-state index in [-0.39, 0.29) is 0 Å². The van der Waals surface area contributed by atoms with Crippen molar-refractivity contribution < 1.29 is 0 Å². The minimum absolute atomic E-state index is 0.681. The summed E-state index contributed by atoms with van der Waals surface area (Å²) in [5.41, 5.74) is 2.63. The Morgan fingerprint density at radius 1 is 1.11 bits per heavy atom. The molecule has 98 valence electrons. The van der Waals surface area contributed by atoms with E-state index in [4.69, 9.17) is 11.6 Å². The zero-order valence-corrected chi connectivity index (χ0v) is 11.7. The Bertz CT molecular complexity index is 410. The molecule has 1 heterocycles. The number of nitrogens with one attached hydrogen (secondary N) is 1. The SMILES string of the molecule is Clc1cccc2c1NCC2CCC1CCCCC1. The normalized spacial score (nSPS) is 23.7. The van der Waals surface area contributed by atoms with E-state index < -0.39 is 0 Å². The van der Waals surface area contributed by atoms with Gasteiger partial charge in [-0.25, -0.2) is 0 Å². The fourth-order valence-corrected chi connectivity index (χ4v) is 3.82. The van der Waals surface area contributed by atoms with Crippen molar-refractivity contribution in [1.82, 2.24) is 0 Å². The Labute approximate surface area is 115 Å². The summed E-state index contributed by atoms with van der Waals surface area (Å²) in [7, 11) is 0. The van der Waals surface area contributed by atoms with Gasteiger partial charge in [0.15, 0.2) is 0 Å². The van der Waals surface area contributed by atoms with Gasteiger partial charge in [-0.05, 0) is 30.4 Å². The lowest BCUT2D eigenvalue weighted by molar-refractivity contribution is 0.325. The van der Waals surface area contributed by atoms with Crippen LogP contribution in [0.2, 0.25) is 5.02 Å². The zero-order chi connectivity index (χ0) is 12.4. The quantitative estimate of drug-likeness (QED) is 0.789. The van der Waals surface area contributed by atoms with Crippen molar-refractivity contribution >= 4 is 17.3 Å². The van der Waals surface area contributed by atoms with Crippen molar-refractivity contribution in [3.8, 4) is 0 Å². The van der Waals surface area contributed by atoms with Gasteiger partial charge in [0.25, 0.3) is 0 Å². The lowest BCUT2D eigenvalue weighted by Crippen LogP contribution is -2.09. The zero-order valence-electron chi connectivity index (χ0n) is 10.9. The highest BCUT2D eigenvalue weighted by Gasteiger charge is 2.24. The molecule has 0 amide bonds. The first-order valence-electron chi connectivity index (χ1n) is 7.37. The fraction of sp³-hybridized carbons (Fsp3) is 0.625. The molecule has 1 saturated carbocycles. The third-order valence-electron chi connectivity index (χ3n) is 4.66. The van der Waals surface area contributed by atoms with Crippen LogP contribution in [0.4, 0.5) is 5.69 Å². The molecule has 0 bridgehead atoms. The maximum Gasteiger partial charge on any atom is 0.0640 e. The van der Waals surface area contributed by atoms with Crippen molar-refractivity contribution in [2.75, 3.05) is 11.9 Å². The third kappa shape index (κ3) is 2.51. The predicted molar refractivity (Wildman–Crippen MR) is 78.5 cm³/mol. The highest BCUT2D eigenvalue weighted by Crippen LogP contribution is 2.40. The molecular weight excluding hydrogens is 242 g/mol. The highest BCUT2D eigenvalue weighted by molar-refractivity contribution is 6.33. The van der Waals surface area contributed by atoms with Crippen molar-refractivity contribution in [3.05, 3.63) is 28.8 Å². The van der Waals surface area contributed by atoms with Gasteiger partial charge in [-0.3, -0.25) is 0 Å². The van der Waals surface area contributed by atoms with Crippen LogP contribution in [0.25, 0.3) is 0 Å². The van der Waals surface area contributed by atoms with Gasteiger partial charge < -0.3 is 5.32 Å². The molecular formula is C16H22ClN. The third-order valence-corrected chi connectivity index (χ3v) is 4.97. The van der Waals surface area contributed by atoms with Crippen molar-refractivity contribution in [1.29, 1.82) is 0 Å². The minimum Gasteiger partial charge on any atom is -0.383 e. The molecule has 1 aromatic carbocycles. The van der Waals surface area contributed by atoms with E-state index in [9.17, 15) is 0 Å². The van der Waals surface area contributed by atoms with Crippen LogP contribution < -0.4 is 5.32 Å². The van der Waals surface area contributed by atoms with Crippen molar-refractivity contribution in [2.24, 2.45) is 5.92 Å². The van der Waals surface area contributed by atoms with Crippen LogP contribution in [0.15, 0.2) is 18.2 Å². The van der Waals surface area contributed by atoms with Gasteiger partial charge in [0, 0.05) is 12.5 Å². The lowest BCUT2D eigenvalue weighted by atomic mass is 9.83. The Kier molecular flexibility index (Phi) is 3.79. The molecule has 18 heavy (non-hydrogen) atoms. The van der Waals surface area contributed by atoms with E-state index in [0.717, 1.165) is 17.5 Å². The summed E-state index contributed by atoms with van der Waals surface area (Å²) in [6.07, 6.45) is 10.0. The largest absolute Gasteiger partial charge is 0.383 e. The van der Waals surface area contributed by atoms with Crippen LogP contribution in [0.1, 0.15) is 56.4 Å². The monoisotopic (exact) mass is 263 g/mol. The number of hydrogen-bond donors (Lipinski definition) is 1. The Hall–Kier alpha value is -0.690. The van der Waals surface area contributed by atoms with Crippen LogP contribution >= 0.6 is 11.6 Å². The summed E-state index contributed by atoms with van der Waals surface area (Å²) in [6.45, 7) is 1.08. The standard InChI is InChI=1S/C16H22ClN/c17-15-8-4-7-14-13(11-18-16(14)15)10-9-12-5-2-1-3-6-12/h4,7-8,12-13,18H,1-3,5-6,9-11H2. The molecule has 0 radical (unpaired) electrons. The van der Waals surface area contributed by atoms with Gasteiger partial charge >= 0.3 is 0 Å². The molecule has 2 aliphatic rings. The first kappa shape index (κ1) is 12.3. The summed E-state index contributed by atoms with van der Waals surface area (Å²) in [5, 5.41) is 4.36. The molecule has 1 N–H and O–H groups in total. The summed E-state index contributed by atoms with van der Waals surface area (Å²) in [4.78, 5) is 0. The summed E-state index contributed by atoms with van der Waals surface area (Å²) in [6, 6.07) is 6.31. The van der Waals surface area contributed by atoms with Crippen molar-refractivity contribution in [2.45, 2.75) is 50.9 Å². The number of hydrogen-bond acceptors (Lipinski definition) is 1. The summed E-state index contributed by atoms with van der Waals surface area (Å²) >= 11 is 6.22. The topological polar surface area (TPSA) is 12.0 Å². The van der Waals surface area contributed by atoms with Crippen LogP contribution in [0, 0.1) is 5.92 Å². The summed E-state index contributed by atoms with van der Waals surface area (Å²) < 4.78 is 0. The van der Waals surface area contributed by atoms with Crippen LogP contribution in [-0.4, -0.2) is 6.54 Å². The van der Waals surface area contributed by atoms with E-state index in [2.05, 4.69) is 17.4 Å². The second-order valence-electron chi connectivity index (χ2n) is 5.86. The van der Waals surface area contributed by atoms with Crippen molar-refractivity contribution in [3.63, 3.8) is 0 Å². The van der Waals surface area contributed by atoms with Crippen LogP contribution in [0.3, 0.4) is 0 Å². The van der Waals surface area contributed by atoms with E-state index in [1.165, 1.54) is 56.2 Å². The number of fused-ring (bicyclic) bond motifs is 1. The van der Waals surface area contributed by atoms with Gasteiger partial charge in [0.05, 0.1) is 10.7 Å². The molecule has 1 aromatic rings. The average Bonchev–Trinajstić information content (AvgIpc) is 2.82. The predicted octanol–water partition coefficient (Wildman–Crippen LogP) is 5.21. The molecule has 1 unspecified atom stereocenters. The second kappa shape index (κ2) is 5.52. The van der Waals surface area contributed by atoms with E-state index in [1.54, 1.807) is 0 Å². The van der Waals surface area contributed by atoms with Gasteiger partial charge in [-0.15, -0.1) is 0 Å². The van der Waals surface area contributed by atoms with Gasteiger partial charge in [0.1, 0.15) is 0 Å². The molecule has 0 aromatic heterocycles. The lowest BCUT2D eigenvalue weighted by Gasteiger charge is -2.22. The maximum atomic E-state index is 6.22. The van der Waals surface area contributed by atoms with Gasteiger partial charge in [0.2, 0.25) is 0 Å². The Morgan fingerprint density at radius 3 is 2.78 bits per heavy atom. The number of para-hydroxylation sites is 1. The number of anilines is 1. The molecule has 1 aliphatic carbocycles. The minimum atomic E-state index is 0.681. The number of benzene rings is 1. The van der Waals surface area contributed by atoms with E-state index >= 15 is 0 Å². The molecule has 2 heteroatoms. The number of halogens is 1. The summed E-state index contributed by atoms with van der Waals surface area (Å²) in [5.74, 6) is 1.67. The number of rotatable bonds is 3. The highest BCUT2D eigenvalue weighted by atomic mass is 35.5. The smallest absolute Gasteiger partial charge is 0.0640 e. The van der Waals surface area contributed by atoms with Crippen LogP contribution in [-0.2, 0) is 0 Å². The van der Waals surface area contributed by atoms with Crippen LogP contribution in [0.5, 0.6) is 0 Å². The maximum absolute atomic E-state index is 6.22. The van der Waals surface area contributed by atoms with E-state index in [0.29, 0.717) is 5.92 Å². The fourth-order valence-electron chi connectivity index (χ4n) is 3.57. The second-order valence-corrected chi connectivity index (χ2v) is 6.27. The molecule has 1 aliphatic heterocycles. The van der Waals surface area contributed by atoms with Gasteiger partial charge in [-0.2, -0.15) is 0 Å².